The first-order valence-electron chi connectivity index (χ1n) is 12.3. The van der Waals surface area contributed by atoms with Gasteiger partial charge in [-0.25, -0.2) is 0 Å². The molecule has 5 rings (SSSR count). The van der Waals surface area contributed by atoms with Crippen molar-refractivity contribution in [3.05, 3.63) is 48.5 Å². The maximum absolute atomic E-state index is 2.49. The Morgan fingerprint density at radius 1 is 0.382 bits per heavy atom. The van der Waals surface area contributed by atoms with E-state index in [4.69, 9.17) is 0 Å². The van der Waals surface area contributed by atoms with Crippen LogP contribution in [0.15, 0.2) is 48.5 Å². The highest BCUT2D eigenvalue weighted by Crippen LogP contribution is 2.30. The zero-order valence-corrected chi connectivity index (χ0v) is 22.1. The van der Waals surface area contributed by atoms with Gasteiger partial charge in [0.25, 0.3) is 0 Å². The van der Waals surface area contributed by atoms with Crippen molar-refractivity contribution in [2.24, 2.45) is 0 Å². The lowest BCUT2D eigenvalue weighted by molar-refractivity contribution is 1.21. The van der Waals surface area contributed by atoms with E-state index in [0.29, 0.717) is 0 Å². The molecule has 0 radical (unpaired) electrons. The molecule has 0 unspecified atom stereocenters. The summed E-state index contributed by atoms with van der Waals surface area (Å²) in [4.78, 5) is 0. The minimum absolute atomic E-state index is 1.27. The summed E-state index contributed by atoms with van der Waals surface area (Å²) in [5, 5.41) is 2.63. The number of hydrogen-bond donors (Lipinski definition) is 0. The van der Waals surface area contributed by atoms with Gasteiger partial charge in [-0.2, -0.15) is 0 Å². The van der Waals surface area contributed by atoms with Crippen LogP contribution in [-0.4, -0.2) is 75.2 Å². The lowest BCUT2D eigenvalue weighted by Crippen LogP contribution is -2.57. The van der Waals surface area contributed by atoms with Crippen LogP contribution in [0.5, 0.6) is 0 Å². The Balaban J connectivity index is 1.92. The van der Waals surface area contributed by atoms with Crippen molar-refractivity contribution in [3.8, 4) is 16.8 Å². The highest BCUT2D eigenvalue weighted by Gasteiger charge is 2.22. The molecule has 0 aliphatic heterocycles. The summed E-state index contributed by atoms with van der Waals surface area (Å²) in [5.41, 5.74) is 19.3. The Bertz CT molecular complexity index is 1540. The molecule has 0 aliphatic rings. The van der Waals surface area contributed by atoms with Gasteiger partial charge in [0.2, 0.25) is 0 Å². The molecule has 0 bridgehead atoms. The lowest BCUT2D eigenvalue weighted by Gasteiger charge is -2.28. The first-order chi connectivity index (χ1) is 16.2. The molecular formula is C24H26B9N. The van der Waals surface area contributed by atoms with Gasteiger partial charge < -0.3 is 4.57 Å². The van der Waals surface area contributed by atoms with Crippen LogP contribution in [0, 0.1) is 0 Å². The largest absolute Gasteiger partial charge is 0.310 e. The van der Waals surface area contributed by atoms with Crippen molar-refractivity contribution in [1.29, 1.82) is 0 Å². The van der Waals surface area contributed by atoms with Crippen LogP contribution in [0.3, 0.4) is 0 Å². The molecule has 1 nitrogen and oxygen atoms in total. The Kier molecular flexibility index (Phi) is 5.55. The van der Waals surface area contributed by atoms with E-state index in [1.165, 1.54) is 87.8 Å². The number of para-hydroxylation sites is 2. The number of aromatic nitrogens is 1. The highest BCUT2D eigenvalue weighted by atomic mass is 15.0. The number of fused-ring (bicyclic) bond motifs is 3. The van der Waals surface area contributed by atoms with E-state index in [1.54, 1.807) is 0 Å². The van der Waals surface area contributed by atoms with Crippen LogP contribution in [-0.2, 0) is 0 Å². The maximum atomic E-state index is 2.49. The molecule has 1 aromatic heterocycles. The second kappa shape index (κ2) is 8.19. The quantitative estimate of drug-likeness (QED) is 0.248. The van der Waals surface area contributed by atoms with Gasteiger partial charge in [0.15, 0.2) is 0 Å². The van der Waals surface area contributed by atoms with Gasteiger partial charge >= 0.3 is 0 Å². The first-order valence-corrected chi connectivity index (χ1v) is 12.3. The summed E-state index contributed by atoms with van der Waals surface area (Å²) in [6.07, 6.45) is 0. The Morgan fingerprint density at radius 2 is 0.706 bits per heavy atom. The number of nitrogens with zero attached hydrogens (tertiary/aromatic N) is 1. The number of benzene rings is 4. The molecule has 5 aromatic rings. The zero-order valence-electron chi connectivity index (χ0n) is 22.1. The van der Waals surface area contributed by atoms with Gasteiger partial charge in [0.1, 0.15) is 70.6 Å². The van der Waals surface area contributed by atoms with Gasteiger partial charge in [-0.1, -0.05) is 69.2 Å². The molecule has 0 atom stereocenters. The van der Waals surface area contributed by atoms with Gasteiger partial charge in [0, 0.05) is 16.5 Å². The van der Waals surface area contributed by atoms with E-state index >= 15 is 0 Å². The van der Waals surface area contributed by atoms with Gasteiger partial charge in [-0.05, 0) is 23.3 Å². The van der Waals surface area contributed by atoms with E-state index in [1.807, 2.05) is 0 Å². The Labute approximate surface area is 211 Å². The SMILES string of the molecule is Bc1c(B)c(B)c(-c2c(B)c(B)c(-n3c4ccccc4c4ccccc43)c(B)c2B)c(B)c1B. The van der Waals surface area contributed by atoms with E-state index in [-0.39, 0.29) is 0 Å². The summed E-state index contributed by atoms with van der Waals surface area (Å²) < 4.78 is 2.49. The van der Waals surface area contributed by atoms with E-state index in [0.717, 1.165) is 0 Å². The molecule has 1 heterocycles. The standard InChI is InChI=1S/C24H26B9N/c25-15-13(16(26)20(30)21(31)19(15)29)14-17(27)22(32)24(23(33)18(14)28)34-11-7-3-1-5-9(11)10-6-2-4-8-12(10)34/h1-8H,25-33H2. The van der Waals surface area contributed by atoms with E-state index < -0.39 is 0 Å². The second-order valence-electron chi connectivity index (χ2n) is 10.1. The predicted octanol–water partition coefficient (Wildman–Crippen LogP) is -9.22. The fraction of sp³-hybridized carbons (Fsp3) is 0. The third kappa shape index (κ3) is 3.07. The van der Waals surface area contributed by atoms with Crippen molar-refractivity contribution < 1.29 is 0 Å². The molecule has 0 saturated carbocycles. The van der Waals surface area contributed by atoms with Crippen molar-refractivity contribution >= 4 is 142 Å². The van der Waals surface area contributed by atoms with Crippen LogP contribution in [0.1, 0.15) is 0 Å². The molecule has 0 amide bonds. The summed E-state index contributed by atoms with van der Waals surface area (Å²) in [7, 11) is 20.7. The molecular weight excluding hydrogens is 400 g/mol. The Morgan fingerprint density at radius 3 is 1.12 bits per heavy atom. The third-order valence-electron chi connectivity index (χ3n) is 8.64. The average molecular weight is 426 g/mol. The van der Waals surface area contributed by atoms with Gasteiger partial charge in [-0.15, -0.1) is 16.4 Å². The Hall–Kier alpha value is -2.74. The topological polar surface area (TPSA) is 4.93 Å². The zero-order chi connectivity index (χ0) is 24.5. The maximum Gasteiger partial charge on any atom is 0.141 e. The molecule has 0 fully saturated rings. The summed E-state index contributed by atoms with van der Waals surface area (Å²) in [5.74, 6) is 0. The highest BCUT2D eigenvalue weighted by molar-refractivity contribution is 6.70. The molecule has 0 N–H and O–H groups in total. The predicted molar refractivity (Wildman–Crippen MR) is 180 cm³/mol. The van der Waals surface area contributed by atoms with Gasteiger partial charge in [0.05, 0.1) is 11.0 Å². The minimum Gasteiger partial charge on any atom is -0.310 e. The molecule has 4 aromatic carbocycles. The summed E-state index contributed by atoms with van der Waals surface area (Å²) in [6.45, 7) is 0. The average Bonchev–Trinajstić information content (AvgIpc) is 3.17. The van der Waals surface area contributed by atoms with Crippen LogP contribution in [0.2, 0.25) is 0 Å². The van der Waals surface area contributed by atoms with Crippen molar-refractivity contribution in [1.82, 2.24) is 4.57 Å². The van der Waals surface area contributed by atoms with Crippen LogP contribution in [0.25, 0.3) is 38.6 Å². The molecule has 154 valence electrons. The van der Waals surface area contributed by atoms with Crippen molar-refractivity contribution in [2.75, 3.05) is 0 Å². The summed E-state index contributed by atoms with van der Waals surface area (Å²) >= 11 is 0. The fourth-order valence-electron chi connectivity index (χ4n) is 6.04. The van der Waals surface area contributed by atoms with Crippen LogP contribution < -0.4 is 49.2 Å². The lowest BCUT2D eigenvalue weighted by atomic mass is 9.56. The van der Waals surface area contributed by atoms with Crippen molar-refractivity contribution in [2.45, 2.75) is 0 Å². The normalized spacial score (nSPS) is 11.4. The third-order valence-corrected chi connectivity index (χ3v) is 8.64. The van der Waals surface area contributed by atoms with E-state index in [2.05, 4.69) is 124 Å². The monoisotopic (exact) mass is 427 g/mol. The van der Waals surface area contributed by atoms with Crippen molar-refractivity contribution in [3.63, 3.8) is 0 Å². The molecule has 34 heavy (non-hydrogen) atoms. The molecule has 10 heteroatoms. The van der Waals surface area contributed by atoms with Crippen LogP contribution in [0.4, 0.5) is 0 Å². The second-order valence-corrected chi connectivity index (χ2v) is 10.1. The smallest absolute Gasteiger partial charge is 0.141 e. The fourth-order valence-corrected chi connectivity index (χ4v) is 6.04. The van der Waals surface area contributed by atoms with Crippen LogP contribution >= 0.6 is 0 Å². The number of hydrogen-bond acceptors (Lipinski definition) is 0. The minimum atomic E-state index is 1.27. The summed E-state index contributed by atoms with van der Waals surface area (Å²) in [6, 6.07) is 17.6. The molecule has 0 spiro atoms. The number of rotatable bonds is 2. The first kappa shape index (κ1) is 23.0. The molecule has 0 aliphatic carbocycles. The van der Waals surface area contributed by atoms with Gasteiger partial charge in [-0.3, -0.25) is 0 Å². The van der Waals surface area contributed by atoms with E-state index in [9.17, 15) is 0 Å². The molecule has 0 saturated heterocycles.